The van der Waals surface area contributed by atoms with Crippen LogP contribution in [-0.2, 0) is 6.18 Å². The van der Waals surface area contributed by atoms with E-state index in [0.29, 0.717) is 0 Å². The largest absolute Gasteiger partial charge is 0.478 e. The Kier molecular flexibility index (Phi) is 3.25. The second kappa shape index (κ2) is 4.72. The summed E-state index contributed by atoms with van der Waals surface area (Å²) in [4.78, 5) is 14.7. The van der Waals surface area contributed by atoms with Crippen molar-refractivity contribution in [2.24, 2.45) is 0 Å². The van der Waals surface area contributed by atoms with Gasteiger partial charge in [0.1, 0.15) is 0 Å². The lowest BCUT2D eigenvalue weighted by atomic mass is 10.1. The van der Waals surface area contributed by atoms with Crippen LogP contribution in [0.3, 0.4) is 0 Å². The van der Waals surface area contributed by atoms with Crippen LogP contribution in [0.5, 0.6) is 0 Å². The summed E-state index contributed by atoms with van der Waals surface area (Å²) in [5, 5.41) is 8.83. The van der Waals surface area contributed by atoms with Gasteiger partial charge >= 0.3 is 12.1 Å². The first-order chi connectivity index (χ1) is 8.88. The molecular weight excluding hydrogens is 259 g/mol. The molecule has 0 unspecified atom stereocenters. The maximum atomic E-state index is 12.6. The van der Waals surface area contributed by atoms with Crippen LogP contribution >= 0.6 is 0 Å². The van der Waals surface area contributed by atoms with Crippen molar-refractivity contribution in [3.63, 3.8) is 0 Å². The lowest BCUT2D eigenvalue weighted by molar-refractivity contribution is -0.137. The zero-order chi connectivity index (χ0) is 14.0. The van der Waals surface area contributed by atoms with Crippen LogP contribution in [0.4, 0.5) is 13.2 Å². The topological polar surface area (TPSA) is 50.2 Å². The van der Waals surface area contributed by atoms with Crippen LogP contribution in [0.2, 0.25) is 0 Å². The number of rotatable bonds is 2. The van der Waals surface area contributed by atoms with Crippen molar-refractivity contribution in [3.8, 4) is 11.3 Å². The molecule has 0 atom stereocenters. The number of nitrogens with zero attached hydrogens (tertiary/aromatic N) is 1. The molecule has 0 saturated heterocycles. The lowest BCUT2D eigenvalue weighted by Gasteiger charge is -2.08. The van der Waals surface area contributed by atoms with Crippen LogP contribution in [0.1, 0.15) is 15.9 Å². The van der Waals surface area contributed by atoms with Gasteiger partial charge in [-0.2, -0.15) is 13.2 Å². The van der Waals surface area contributed by atoms with Gasteiger partial charge in [0.05, 0.1) is 16.8 Å². The second-order valence-corrected chi connectivity index (χ2v) is 3.81. The number of pyridine rings is 1. The van der Waals surface area contributed by atoms with Crippen LogP contribution in [0, 0.1) is 0 Å². The monoisotopic (exact) mass is 267 g/mol. The molecule has 19 heavy (non-hydrogen) atoms. The number of hydrogen-bond acceptors (Lipinski definition) is 2. The molecular formula is C13H8F3NO2. The van der Waals surface area contributed by atoms with Gasteiger partial charge in [-0.25, -0.2) is 4.79 Å². The third-order valence-electron chi connectivity index (χ3n) is 2.49. The summed E-state index contributed by atoms with van der Waals surface area (Å²) in [5.41, 5.74) is -0.418. The fraction of sp³-hybridized carbons (Fsp3) is 0.0769. The zero-order valence-electron chi connectivity index (χ0n) is 9.48. The first kappa shape index (κ1) is 13.1. The van der Waals surface area contributed by atoms with Crippen LogP contribution in [0.25, 0.3) is 11.3 Å². The van der Waals surface area contributed by atoms with Gasteiger partial charge in [0.2, 0.25) is 0 Å². The maximum absolute atomic E-state index is 12.6. The summed E-state index contributed by atoms with van der Waals surface area (Å²) >= 11 is 0. The Morgan fingerprint density at radius 3 is 2.53 bits per heavy atom. The molecule has 0 amide bonds. The highest BCUT2D eigenvalue weighted by atomic mass is 19.4. The van der Waals surface area contributed by atoms with Crippen LogP contribution < -0.4 is 0 Å². The number of carboxylic acid groups (broad SMARTS) is 1. The average Bonchev–Trinajstić information content (AvgIpc) is 2.38. The molecule has 0 bridgehead atoms. The van der Waals surface area contributed by atoms with E-state index < -0.39 is 17.7 Å². The van der Waals surface area contributed by atoms with Gasteiger partial charge in [-0.15, -0.1) is 0 Å². The van der Waals surface area contributed by atoms with Crippen molar-refractivity contribution >= 4 is 5.97 Å². The SMILES string of the molecule is O=C(O)c1ccnc(-c2cccc(C(F)(F)F)c2)c1. The number of carbonyl (C=O) groups is 1. The van der Waals surface area contributed by atoms with E-state index in [1.54, 1.807) is 0 Å². The van der Waals surface area contributed by atoms with Gasteiger partial charge < -0.3 is 5.11 Å². The van der Waals surface area contributed by atoms with Gasteiger partial charge in [0.25, 0.3) is 0 Å². The third-order valence-corrected chi connectivity index (χ3v) is 2.49. The smallest absolute Gasteiger partial charge is 0.416 e. The first-order valence-electron chi connectivity index (χ1n) is 5.25. The van der Waals surface area contributed by atoms with Gasteiger partial charge in [-0.3, -0.25) is 4.98 Å². The van der Waals surface area contributed by atoms with Gasteiger partial charge in [0, 0.05) is 11.8 Å². The van der Waals surface area contributed by atoms with Crippen molar-refractivity contribution in [2.75, 3.05) is 0 Å². The Hall–Kier alpha value is -2.37. The number of aromatic carboxylic acids is 1. The quantitative estimate of drug-likeness (QED) is 0.906. The molecule has 0 saturated carbocycles. The normalized spacial score (nSPS) is 11.3. The summed E-state index contributed by atoms with van der Waals surface area (Å²) in [6.07, 6.45) is -3.19. The zero-order valence-corrected chi connectivity index (χ0v) is 9.48. The maximum Gasteiger partial charge on any atom is 0.416 e. The van der Waals surface area contributed by atoms with Crippen molar-refractivity contribution in [3.05, 3.63) is 53.7 Å². The Labute approximate surface area is 106 Å². The molecule has 1 N–H and O–H groups in total. The highest BCUT2D eigenvalue weighted by Crippen LogP contribution is 2.31. The Morgan fingerprint density at radius 2 is 1.89 bits per heavy atom. The van der Waals surface area contributed by atoms with E-state index in [9.17, 15) is 18.0 Å². The van der Waals surface area contributed by atoms with Gasteiger partial charge in [0.15, 0.2) is 0 Å². The molecule has 3 nitrogen and oxygen atoms in total. The summed E-state index contributed by atoms with van der Waals surface area (Å²) in [6.45, 7) is 0. The highest BCUT2D eigenvalue weighted by Gasteiger charge is 2.30. The van der Waals surface area contributed by atoms with Crippen molar-refractivity contribution in [1.82, 2.24) is 4.98 Å². The van der Waals surface area contributed by atoms with Crippen molar-refractivity contribution in [1.29, 1.82) is 0 Å². The molecule has 2 aromatic rings. The lowest BCUT2D eigenvalue weighted by Crippen LogP contribution is -2.04. The van der Waals surface area contributed by atoms with Gasteiger partial charge in [-0.1, -0.05) is 12.1 Å². The minimum atomic E-state index is -4.44. The molecule has 1 aromatic carbocycles. The molecule has 2 rings (SSSR count). The molecule has 1 aromatic heterocycles. The fourth-order valence-electron chi connectivity index (χ4n) is 1.58. The first-order valence-corrected chi connectivity index (χ1v) is 5.25. The van der Waals surface area contributed by atoms with E-state index in [2.05, 4.69) is 4.98 Å². The summed E-state index contributed by atoms with van der Waals surface area (Å²) in [5.74, 6) is -1.16. The Balaban J connectivity index is 2.48. The summed E-state index contributed by atoms with van der Waals surface area (Å²) in [6, 6.07) is 7.10. The van der Waals surface area contributed by atoms with E-state index in [1.807, 2.05) is 0 Å². The standard InChI is InChI=1S/C13H8F3NO2/c14-13(15,16)10-3-1-2-8(6-10)11-7-9(12(18)19)4-5-17-11/h1-7H,(H,18,19). The minimum Gasteiger partial charge on any atom is -0.478 e. The molecule has 0 radical (unpaired) electrons. The van der Waals surface area contributed by atoms with Crippen LogP contribution in [-0.4, -0.2) is 16.1 Å². The van der Waals surface area contributed by atoms with Gasteiger partial charge in [-0.05, 0) is 24.3 Å². The predicted octanol–water partition coefficient (Wildman–Crippen LogP) is 3.47. The number of alkyl halides is 3. The molecule has 0 spiro atoms. The number of benzene rings is 1. The average molecular weight is 267 g/mol. The number of halogens is 3. The molecule has 1 heterocycles. The Bertz CT molecular complexity index is 623. The second-order valence-electron chi connectivity index (χ2n) is 3.81. The van der Waals surface area contributed by atoms with E-state index >= 15 is 0 Å². The number of aromatic nitrogens is 1. The van der Waals surface area contributed by atoms with Crippen molar-refractivity contribution in [2.45, 2.75) is 6.18 Å². The van der Waals surface area contributed by atoms with E-state index in [4.69, 9.17) is 5.11 Å². The minimum absolute atomic E-state index is 0.0255. The van der Waals surface area contributed by atoms with Crippen molar-refractivity contribution < 1.29 is 23.1 Å². The van der Waals surface area contributed by atoms with E-state index in [1.165, 1.54) is 30.5 Å². The number of carboxylic acids is 1. The predicted molar refractivity (Wildman–Crippen MR) is 61.6 cm³/mol. The van der Waals surface area contributed by atoms with E-state index in [-0.39, 0.29) is 16.8 Å². The third kappa shape index (κ3) is 2.90. The highest BCUT2D eigenvalue weighted by molar-refractivity contribution is 5.88. The summed E-state index contributed by atoms with van der Waals surface area (Å²) in [7, 11) is 0. The molecule has 0 aliphatic heterocycles. The molecule has 0 aliphatic rings. The number of hydrogen-bond donors (Lipinski definition) is 1. The van der Waals surface area contributed by atoms with E-state index in [0.717, 1.165) is 12.1 Å². The molecule has 0 aliphatic carbocycles. The molecule has 98 valence electrons. The molecule has 0 fully saturated rings. The fourth-order valence-corrected chi connectivity index (χ4v) is 1.58. The summed E-state index contributed by atoms with van der Waals surface area (Å²) < 4.78 is 37.7. The Morgan fingerprint density at radius 1 is 1.16 bits per heavy atom. The van der Waals surface area contributed by atoms with Crippen LogP contribution in [0.15, 0.2) is 42.6 Å². The molecule has 6 heteroatoms.